The standard InChI is InChI=1S/C18H24FN5/c1-4-20-18(21-12-14-8-10-15(19)11-9-14)22-13-16-6-5-7-17(23-16)24(2)3/h5-11H,4,12-13H2,1-3H3,(H2,20,21,22). The summed E-state index contributed by atoms with van der Waals surface area (Å²) in [6.45, 7) is 3.85. The van der Waals surface area contributed by atoms with Gasteiger partial charge in [-0.15, -0.1) is 0 Å². The number of hydrogen-bond donors (Lipinski definition) is 2. The van der Waals surface area contributed by atoms with E-state index in [4.69, 9.17) is 0 Å². The molecule has 5 nitrogen and oxygen atoms in total. The summed E-state index contributed by atoms with van der Waals surface area (Å²) in [7, 11) is 3.93. The molecule has 0 unspecified atom stereocenters. The highest BCUT2D eigenvalue weighted by atomic mass is 19.1. The number of nitrogens with zero attached hydrogens (tertiary/aromatic N) is 3. The first-order valence-electron chi connectivity index (χ1n) is 7.98. The molecule has 1 aromatic carbocycles. The molecule has 128 valence electrons. The van der Waals surface area contributed by atoms with E-state index in [0.717, 1.165) is 23.6 Å². The second-order valence-corrected chi connectivity index (χ2v) is 5.56. The third-order valence-electron chi connectivity index (χ3n) is 3.36. The van der Waals surface area contributed by atoms with E-state index < -0.39 is 0 Å². The van der Waals surface area contributed by atoms with Crippen LogP contribution in [0.3, 0.4) is 0 Å². The highest BCUT2D eigenvalue weighted by Crippen LogP contribution is 2.07. The van der Waals surface area contributed by atoms with Gasteiger partial charge >= 0.3 is 0 Å². The molecule has 0 radical (unpaired) electrons. The molecule has 0 saturated heterocycles. The molecule has 6 heteroatoms. The van der Waals surface area contributed by atoms with E-state index in [2.05, 4.69) is 20.6 Å². The van der Waals surface area contributed by atoms with Gasteiger partial charge in [0.15, 0.2) is 5.96 Å². The van der Waals surface area contributed by atoms with Crippen molar-refractivity contribution >= 4 is 11.8 Å². The number of guanidine groups is 1. The van der Waals surface area contributed by atoms with E-state index in [-0.39, 0.29) is 5.82 Å². The third-order valence-corrected chi connectivity index (χ3v) is 3.36. The topological polar surface area (TPSA) is 52.6 Å². The Bertz CT molecular complexity index is 667. The maximum absolute atomic E-state index is 12.9. The minimum Gasteiger partial charge on any atom is -0.363 e. The van der Waals surface area contributed by atoms with Crippen molar-refractivity contribution in [3.63, 3.8) is 0 Å². The molecule has 2 N–H and O–H groups in total. The number of aromatic nitrogens is 1. The van der Waals surface area contributed by atoms with E-state index in [9.17, 15) is 4.39 Å². The van der Waals surface area contributed by atoms with Crippen molar-refractivity contribution in [2.45, 2.75) is 20.0 Å². The van der Waals surface area contributed by atoms with Gasteiger partial charge in [-0.05, 0) is 36.8 Å². The summed E-state index contributed by atoms with van der Waals surface area (Å²) >= 11 is 0. The van der Waals surface area contributed by atoms with Crippen LogP contribution in [0, 0.1) is 5.82 Å². The van der Waals surface area contributed by atoms with Crippen LogP contribution in [0.5, 0.6) is 0 Å². The molecular weight excluding hydrogens is 305 g/mol. The van der Waals surface area contributed by atoms with Gasteiger partial charge in [0.25, 0.3) is 0 Å². The SMILES string of the molecule is CCNC(=NCc1ccc(F)cc1)NCc1cccc(N(C)C)n1. The first-order valence-corrected chi connectivity index (χ1v) is 7.98. The number of aliphatic imine (C=N–C) groups is 1. The van der Waals surface area contributed by atoms with Crippen LogP contribution in [0.15, 0.2) is 47.5 Å². The van der Waals surface area contributed by atoms with Crippen LogP contribution >= 0.6 is 0 Å². The zero-order chi connectivity index (χ0) is 17.4. The van der Waals surface area contributed by atoms with Gasteiger partial charge in [0, 0.05) is 20.6 Å². The molecule has 0 spiro atoms. The monoisotopic (exact) mass is 329 g/mol. The van der Waals surface area contributed by atoms with E-state index >= 15 is 0 Å². The molecule has 0 aliphatic rings. The number of hydrogen-bond acceptors (Lipinski definition) is 3. The van der Waals surface area contributed by atoms with Crippen LogP contribution in [-0.2, 0) is 13.1 Å². The number of pyridine rings is 1. The van der Waals surface area contributed by atoms with Crippen molar-refractivity contribution in [2.75, 3.05) is 25.5 Å². The van der Waals surface area contributed by atoms with E-state index in [0.29, 0.717) is 19.0 Å². The molecule has 24 heavy (non-hydrogen) atoms. The molecule has 2 aromatic rings. The summed E-state index contributed by atoms with van der Waals surface area (Å²) in [5, 5.41) is 6.47. The number of rotatable bonds is 6. The summed E-state index contributed by atoms with van der Waals surface area (Å²) < 4.78 is 12.9. The maximum Gasteiger partial charge on any atom is 0.191 e. The molecule has 0 atom stereocenters. The minimum absolute atomic E-state index is 0.236. The minimum atomic E-state index is -0.236. The van der Waals surface area contributed by atoms with Gasteiger partial charge in [0.1, 0.15) is 11.6 Å². The molecule has 0 bridgehead atoms. The van der Waals surface area contributed by atoms with E-state index in [1.54, 1.807) is 12.1 Å². The maximum atomic E-state index is 12.9. The Morgan fingerprint density at radius 1 is 1.12 bits per heavy atom. The highest BCUT2D eigenvalue weighted by molar-refractivity contribution is 5.79. The van der Waals surface area contributed by atoms with Crippen molar-refractivity contribution in [1.82, 2.24) is 15.6 Å². The van der Waals surface area contributed by atoms with Crippen LogP contribution in [0.2, 0.25) is 0 Å². The lowest BCUT2D eigenvalue weighted by Crippen LogP contribution is -2.37. The molecule has 0 aliphatic heterocycles. The number of benzene rings is 1. The first kappa shape index (κ1) is 17.7. The predicted octanol–water partition coefficient (Wildman–Crippen LogP) is 2.54. The average Bonchev–Trinajstić information content (AvgIpc) is 2.59. The fourth-order valence-electron chi connectivity index (χ4n) is 2.09. The van der Waals surface area contributed by atoms with Crippen molar-refractivity contribution in [1.29, 1.82) is 0 Å². The van der Waals surface area contributed by atoms with Crippen molar-refractivity contribution in [3.05, 3.63) is 59.5 Å². The lowest BCUT2D eigenvalue weighted by molar-refractivity contribution is 0.627. The van der Waals surface area contributed by atoms with Crippen LogP contribution in [0.4, 0.5) is 10.2 Å². The smallest absolute Gasteiger partial charge is 0.191 e. The molecular formula is C18H24FN5. The Hall–Kier alpha value is -2.63. The second kappa shape index (κ2) is 8.86. The summed E-state index contributed by atoms with van der Waals surface area (Å²) in [6, 6.07) is 12.3. The molecule has 0 fully saturated rings. The first-order chi connectivity index (χ1) is 11.6. The summed E-state index contributed by atoms with van der Waals surface area (Å²) in [5.41, 5.74) is 1.90. The Labute approximate surface area is 142 Å². The van der Waals surface area contributed by atoms with Gasteiger partial charge in [-0.1, -0.05) is 18.2 Å². The van der Waals surface area contributed by atoms with Crippen LogP contribution < -0.4 is 15.5 Å². The fraction of sp³-hybridized carbons (Fsp3) is 0.333. The molecule has 2 rings (SSSR count). The zero-order valence-corrected chi connectivity index (χ0v) is 14.4. The van der Waals surface area contributed by atoms with Gasteiger partial charge in [-0.2, -0.15) is 0 Å². The molecule has 1 aromatic heterocycles. The summed E-state index contributed by atoms with van der Waals surface area (Å²) in [6.07, 6.45) is 0. The van der Waals surface area contributed by atoms with Gasteiger partial charge in [0.2, 0.25) is 0 Å². The lowest BCUT2D eigenvalue weighted by atomic mass is 10.2. The Kier molecular flexibility index (Phi) is 6.54. The van der Waals surface area contributed by atoms with Gasteiger partial charge < -0.3 is 15.5 Å². The normalized spacial score (nSPS) is 11.2. The van der Waals surface area contributed by atoms with Crippen molar-refractivity contribution in [3.8, 4) is 0 Å². The summed E-state index contributed by atoms with van der Waals surface area (Å²) in [4.78, 5) is 11.1. The quantitative estimate of drug-likeness (QED) is 0.632. The molecule has 0 amide bonds. The average molecular weight is 329 g/mol. The number of anilines is 1. The van der Waals surface area contributed by atoms with Gasteiger partial charge in [0.05, 0.1) is 18.8 Å². The van der Waals surface area contributed by atoms with E-state index in [1.165, 1.54) is 12.1 Å². The van der Waals surface area contributed by atoms with Gasteiger partial charge in [-0.25, -0.2) is 14.4 Å². The number of halogens is 1. The summed E-state index contributed by atoms with van der Waals surface area (Å²) in [5.74, 6) is 1.39. The van der Waals surface area contributed by atoms with Crippen LogP contribution in [-0.4, -0.2) is 31.6 Å². The molecule has 0 aliphatic carbocycles. The number of nitrogens with one attached hydrogen (secondary N) is 2. The Morgan fingerprint density at radius 2 is 1.88 bits per heavy atom. The molecule has 0 saturated carbocycles. The van der Waals surface area contributed by atoms with Crippen LogP contribution in [0.25, 0.3) is 0 Å². The lowest BCUT2D eigenvalue weighted by Gasteiger charge is -2.14. The van der Waals surface area contributed by atoms with Crippen molar-refractivity contribution < 1.29 is 4.39 Å². The van der Waals surface area contributed by atoms with Crippen molar-refractivity contribution in [2.24, 2.45) is 4.99 Å². The molecule has 1 heterocycles. The third kappa shape index (κ3) is 5.53. The zero-order valence-electron chi connectivity index (χ0n) is 14.4. The fourth-order valence-corrected chi connectivity index (χ4v) is 2.09. The van der Waals surface area contributed by atoms with Crippen LogP contribution in [0.1, 0.15) is 18.2 Å². The second-order valence-electron chi connectivity index (χ2n) is 5.56. The van der Waals surface area contributed by atoms with Gasteiger partial charge in [-0.3, -0.25) is 0 Å². The Balaban J connectivity index is 1.98. The largest absolute Gasteiger partial charge is 0.363 e. The highest BCUT2D eigenvalue weighted by Gasteiger charge is 2.02. The van der Waals surface area contributed by atoms with E-state index in [1.807, 2.05) is 44.1 Å². The Morgan fingerprint density at radius 3 is 2.54 bits per heavy atom. The predicted molar refractivity (Wildman–Crippen MR) is 96.6 cm³/mol.